The van der Waals surface area contributed by atoms with E-state index in [1.54, 1.807) is 6.92 Å². The molecule has 0 aromatic heterocycles. The first-order valence-electron chi connectivity index (χ1n) is 8.11. The van der Waals surface area contributed by atoms with Crippen LogP contribution in [0, 0.1) is 5.92 Å². The van der Waals surface area contributed by atoms with Gasteiger partial charge in [0.2, 0.25) is 5.91 Å². The molecule has 136 valence electrons. The van der Waals surface area contributed by atoms with Crippen molar-refractivity contribution in [3.63, 3.8) is 0 Å². The van der Waals surface area contributed by atoms with Gasteiger partial charge >= 0.3 is 6.09 Å². The number of nitrogens with zero attached hydrogens (tertiary/aromatic N) is 1. The number of amides is 2. The molecule has 0 heterocycles. The monoisotopic (exact) mass is 346 g/mol. The van der Waals surface area contributed by atoms with Crippen molar-refractivity contribution in [1.29, 1.82) is 0 Å². The van der Waals surface area contributed by atoms with E-state index in [-0.39, 0.29) is 23.5 Å². The summed E-state index contributed by atoms with van der Waals surface area (Å²) in [5.74, 6) is -0.532. The number of carbonyl (C=O) groups is 2. The molecule has 7 heteroatoms. The van der Waals surface area contributed by atoms with Gasteiger partial charge in [-0.1, -0.05) is 27.7 Å². The van der Waals surface area contributed by atoms with Crippen molar-refractivity contribution in [3.05, 3.63) is 0 Å². The molecular weight excluding hydrogens is 312 g/mol. The first-order valence-corrected chi connectivity index (χ1v) is 11.0. The van der Waals surface area contributed by atoms with E-state index in [9.17, 15) is 9.59 Å². The third kappa shape index (κ3) is 6.91. The molecule has 0 aliphatic carbocycles. The van der Waals surface area contributed by atoms with Crippen molar-refractivity contribution >= 4 is 20.3 Å². The zero-order valence-corrected chi connectivity index (χ0v) is 17.1. The van der Waals surface area contributed by atoms with Crippen molar-refractivity contribution in [2.45, 2.75) is 71.8 Å². The molecule has 6 nitrogen and oxygen atoms in total. The molecule has 0 unspecified atom stereocenters. The number of hydrogen-bond acceptors (Lipinski definition) is 3. The molecule has 0 rings (SSSR count). The number of carbonyl (C=O) groups excluding carboxylic acids is 1. The van der Waals surface area contributed by atoms with Crippen molar-refractivity contribution in [1.82, 2.24) is 10.2 Å². The van der Waals surface area contributed by atoms with Crippen LogP contribution < -0.4 is 5.32 Å². The summed E-state index contributed by atoms with van der Waals surface area (Å²) in [6.07, 6.45) is -1.49. The molecule has 23 heavy (non-hydrogen) atoms. The minimum absolute atomic E-state index is 0.0126. The fourth-order valence-electron chi connectivity index (χ4n) is 1.79. The summed E-state index contributed by atoms with van der Waals surface area (Å²) in [5, 5.41) is 12.0. The lowest BCUT2D eigenvalue weighted by molar-refractivity contribution is -0.128. The van der Waals surface area contributed by atoms with Crippen LogP contribution in [0.3, 0.4) is 0 Å². The predicted molar refractivity (Wildman–Crippen MR) is 95.2 cm³/mol. The molecule has 0 saturated carbocycles. The van der Waals surface area contributed by atoms with Gasteiger partial charge in [-0.05, 0) is 32.0 Å². The van der Waals surface area contributed by atoms with E-state index in [0.717, 1.165) is 0 Å². The van der Waals surface area contributed by atoms with Gasteiger partial charge in [-0.25, -0.2) is 4.79 Å². The Balaban J connectivity index is 5.31. The van der Waals surface area contributed by atoms with Gasteiger partial charge in [0.25, 0.3) is 0 Å². The maximum absolute atomic E-state index is 12.3. The molecular formula is C16H34N2O4Si. The lowest BCUT2D eigenvalue weighted by atomic mass is 10.0. The van der Waals surface area contributed by atoms with E-state index in [1.165, 1.54) is 11.9 Å². The molecule has 0 aromatic carbocycles. The Morgan fingerprint density at radius 2 is 1.70 bits per heavy atom. The van der Waals surface area contributed by atoms with E-state index < -0.39 is 26.4 Å². The van der Waals surface area contributed by atoms with Crippen LogP contribution >= 0.6 is 0 Å². The Labute approximate surface area is 141 Å². The first kappa shape index (κ1) is 21.9. The summed E-state index contributed by atoms with van der Waals surface area (Å²) >= 11 is 0. The van der Waals surface area contributed by atoms with Crippen molar-refractivity contribution < 1.29 is 19.1 Å². The maximum atomic E-state index is 12.3. The highest BCUT2D eigenvalue weighted by molar-refractivity contribution is 6.74. The van der Waals surface area contributed by atoms with Crippen LogP contribution in [0.15, 0.2) is 0 Å². The van der Waals surface area contributed by atoms with Crippen LogP contribution in [-0.2, 0) is 9.22 Å². The molecule has 0 aromatic rings. The Bertz CT molecular complexity index is 419. The van der Waals surface area contributed by atoms with Crippen LogP contribution in [-0.4, -0.2) is 56.1 Å². The van der Waals surface area contributed by atoms with Gasteiger partial charge in [0.05, 0.1) is 12.0 Å². The molecule has 0 bridgehead atoms. The zero-order valence-electron chi connectivity index (χ0n) is 16.1. The number of likely N-dealkylation sites (N-methyl/N-ethyl adjacent to an activating group) is 1. The smallest absolute Gasteiger partial charge is 0.407 e. The van der Waals surface area contributed by atoms with Gasteiger partial charge in [0.15, 0.2) is 8.32 Å². The summed E-state index contributed by atoms with van der Waals surface area (Å²) < 4.78 is 6.36. The van der Waals surface area contributed by atoms with E-state index in [2.05, 4.69) is 39.2 Å². The third-order valence-corrected chi connectivity index (χ3v) is 8.94. The minimum atomic E-state index is -2.12. The molecule has 0 fully saturated rings. The summed E-state index contributed by atoms with van der Waals surface area (Å²) in [7, 11) is -0.620. The summed E-state index contributed by atoms with van der Waals surface area (Å²) in [6.45, 7) is 16.3. The molecule has 0 aliphatic rings. The second-order valence-corrected chi connectivity index (χ2v) is 12.8. The van der Waals surface area contributed by atoms with Gasteiger partial charge in [-0.15, -0.1) is 0 Å². The van der Waals surface area contributed by atoms with E-state index in [4.69, 9.17) is 9.53 Å². The highest BCUT2D eigenvalue weighted by Gasteiger charge is 2.41. The van der Waals surface area contributed by atoms with Crippen LogP contribution in [0.25, 0.3) is 0 Å². The molecule has 2 amide bonds. The number of rotatable bonds is 7. The minimum Gasteiger partial charge on any atom is -0.465 e. The van der Waals surface area contributed by atoms with Gasteiger partial charge in [0, 0.05) is 19.6 Å². The normalized spacial score (nSPS) is 15.2. The SMILES string of the molecule is CC(C)NC(=O)[C@@H](C)[C@H](CN(C)C(=O)O)O[Si](C)(C)C(C)(C)C. The van der Waals surface area contributed by atoms with E-state index >= 15 is 0 Å². The lowest BCUT2D eigenvalue weighted by Gasteiger charge is -2.41. The number of nitrogens with one attached hydrogen (secondary N) is 1. The second-order valence-electron chi connectivity index (χ2n) is 8.03. The average Bonchev–Trinajstić information content (AvgIpc) is 2.34. The Morgan fingerprint density at radius 1 is 1.22 bits per heavy atom. The predicted octanol–water partition coefficient (Wildman–Crippen LogP) is 3.15. The maximum Gasteiger partial charge on any atom is 0.407 e. The largest absolute Gasteiger partial charge is 0.465 e. The zero-order chi connectivity index (χ0) is 18.6. The Hall–Kier alpha value is -1.08. The summed E-state index contributed by atoms with van der Waals surface area (Å²) in [5.41, 5.74) is 0. The topological polar surface area (TPSA) is 78.9 Å². The van der Waals surface area contributed by atoms with Crippen LogP contribution in [0.1, 0.15) is 41.5 Å². The highest BCUT2D eigenvalue weighted by atomic mass is 28.4. The van der Waals surface area contributed by atoms with E-state index in [0.29, 0.717) is 0 Å². The Kier molecular flexibility index (Phi) is 7.76. The molecule has 2 N–H and O–H groups in total. The molecule has 0 saturated heterocycles. The lowest BCUT2D eigenvalue weighted by Crippen LogP contribution is -2.52. The van der Waals surface area contributed by atoms with Crippen molar-refractivity contribution in [2.75, 3.05) is 13.6 Å². The highest BCUT2D eigenvalue weighted by Crippen LogP contribution is 2.38. The van der Waals surface area contributed by atoms with Crippen LogP contribution in [0.4, 0.5) is 4.79 Å². The van der Waals surface area contributed by atoms with Gasteiger partial charge in [-0.3, -0.25) is 4.79 Å². The fraction of sp³-hybridized carbons (Fsp3) is 0.875. The van der Waals surface area contributed by atoms with Crippen LogP contribution in [0.2, 0.25) is 18.1 Å². The molecule has 0 radical (unpaired) electrons. The fourth-order valence-corrected chi connectivity index (χ4v) is 3.17. The quantitative estimate of drug-likeness (QED) is 0.694. The average molecular weight is 347 g/mol. The van der Waals surface area contributed by atoms with E-state index in [1.807, 2.05) is 13.8 Å². The molecule has 0 spiro atoms. The Morgan fingerprint density at radius 3 is 2.04 bits per heavy atom. The number of hydrogen-bond donors (Lipinski definition) is 2. The summed E-state index contributed by atoms with van der Waals surface area (Å²) in [6, 6.07) is 0.0377. The van der Waals surface area contributed by atoms with Gasteiger partial charge < -0.3 is 19.7 Å². The summed E-state index contributed by atoms with van der Waals surface area (Å²) in [4.78, 5) is 24.7. The van der Waals surface area contributed by atoms with Crippen molar-refractivity contribution in [2.24, 2.45) is 5.92 Å². The standard InChI is InChI=1S/C16H34N2O4Si/c1-11(2)17-14(19)12(3)13(10-18(7)15(20)21)22-23(8,9)16(4,5)6/h11-13H,10H2,1-9H3,(H,17,19)(H,20,21)/t12-,13-/m0/s1. The van der Waals surface area contributed by atoms with Gasteiger partial charge in [-0.2, -0.15) is 0 Å². The molecule has 2 atom stereocenters. The number of carboxylic acid groups (broad SMARTS) is 1. The van der Waals surface area contributed by atoms with Gasteiger partial charge in [0.1, 0.15) is 0 Å². The third-order valence-electron chi connectivity index (χ3n) is 4.43. The molecule has 0 aliphatic heterocycles. The van der Waals surface area contributed by atoms with Crippen molar-refractivity contribution in [3.8, 4) is 0 Å². The first-order chi connectivity index (χ1) is 10.2. The van der Waals surface area contributed by atoms with Crippen LogP contribution in [0.5, 0.6) is 0 Å². The second kappa shape index (κ2) is 8.15.